The summed E-state index contributed by atoms with van der Waals surface area (Å²) in [5, 5.41) is 11.5. The molecule has 0 saturated heterocycles. The lowest BCUT2D eigenvalue weighted by molar-refractivity contribution is -0.153. The number of carbonyl (C=O) groups is 2. The van der Waals surface area contributed by atoms with Crippen molar-refractivity contribution in [3.05, 3.63) is 59.7 Å². The van der Waals surface area contributed by atoms with Crippen LogP contribution in [0.3, 0.4) is 0 Å². The fourth-order valence-electron chi connectivity index (χ4n) is 2.18. The molecule has 2 rings (SSSR count). The Morgan fingerprint density at radius 1 is 1.19 bits per heavy atom. The van der Waals surface area contributed by atoms with Gasteiger partial charge in [-0.3, -0.25) is 9.59 Å². The Bertz CT molecular complexity index is 827. The van der Waals surface area contributed by atoms with Gasteiger partial charge in [-0.05, 0) is 49.7 Å². The van der Waals surface area contributed by atoms with Crippen molar-refractivity contribution in [1.29, 1.82) is 5.26 Å². The molecule has 0 spiro atoms. The number of hydrogen-bond acceptors (Lipinski definition) is 5. The molecule has 0 aliphatic heterocycles. The Hall–Kier alpha value is -3.33. The number of nitrogens with zero attached hydrogens (tertiary/aromatic N) is 1. The van der Waals surface area contributed by atoms with Crippen molar-refractivity contribution < 1.29 is 19.1 Å². The first-order chi connectivity index (χ1) is 12.5. The molecule has 134 valence electrons. The molecule has 26 heavy (non-hydrogen) atoms. The van der Waals surface area contributed by atoms with Crippen LogP contribution in [-0.2, 0) is 14.3 Å². The number of nitrogens with one attached hydrogen (secondary N) is 1. The predicted molar refractivity (Wildman–Crippen MR) is 96.6 cm³/mol. The number of rotatable bonds is 7. The van der Waals surface area contributed by atoms with Crippen molar-refractivity contribution in [2.24, 2.45) is 0 Å². The highest BCUT2D eigenvalue weighted by atomic mass is 16.5. The molecule has 0 heterocycles. The van der Waals surface area contributed by atoms with E-state index < -0.39 is 18.0 Å². The Balaban J connectivity index is 1.76. The number of carbonyl (C=O) groups excluding carboxylic acids is 2. The van der Waals surface area contributed by atoms with E-state index in [0.29, 0.717) is 17.0 Å². The first kappa shape index (κ1) is 19.0. The minimum absolute atomic E-state index is 0.0372. The summed E-state index contributed by atoms with van der Waals surface area (Å²) >= 11 is 0. The molecule has 1 amide bonds. The van der Waals surface area contributed by atoms with Crippen LogP contribution in [0, 0.1) is 18.3 Å². The Labute approximate surface area is 152 Å². The molecule has 0 fully saturated rings. The summed E-state index contributed by atoms with van der Waals surface area (Å²) in [7, 11) is 0. The van der Waals surface area contributed by atoms with Gasteiger partial charge in [0.05, 0.1) is 24.7 Å². The van der Waals surface area contributed by atoms with Gasteiger partial charge in [-0.15, -0.1) is 0 Å². The largest absolute Gasteiger partial charge is 0.493 e. The van der Waals surface area contributed by atoms with Gasteiger partial charge >= 0.3 is 5.97 Å². The summed E-state index contributed by atoms with van der Waals surface area (Å²) in [6, 6.07) is 16.0. The van der Waals surface area contributed by atoms with Gasteiger partial charge in [0, 0.05) is 5.69 Å². The number of esters is 1. The quantitative estimate of drug-likeness (QED) is 0.773. The molecule has 0 unspecified atom stereocenters. The van der Waals surface area contributed by atoms with Crippen molar-refractivity contribution in [3.63, 3.8) is 0 Å². The van der Waals surface area contributed by atoms with E-state index in [2.05, 4.69) is 5.32 Å². The van der Waals surface area contributed by atoms with Gasteiger partial charge < -0.3 is 14.8 Å². The molecule has 0 aliphatic rings. The van der Waals surface area contributed by atoms with E-state index in [1.54, 1.807) is 24.3 Å². The molecule has 2 aromatic carbocycles. The van der Waals surface area contributed by atoms with Gasteiger partial charge in [-0.2, -0.15) is 5.26 Å². The third-order valence-electron chi connectivity index (χ3n) is 3.50. The molecule has 1 N–H and O–H groups in total. The van der Waals surface area contributed by atoms with Crippen molar-refractivity contribution in [3.8, 4) is 11.8 Å². The molecule has 6 nitrogen and oxygen atoms in total. The van der Waals surface area contributed by atoms with E-state index in [0.717, 1.165) is 5.56 Å². The number of ether oxygens (including phenoxy) is 2. The summed E-state index contributed by atoms with van der Waals surface area (Å²) in [4.78, 5) is 23.9. The predicted octanol–water partition coefficient (Wildman–Crippen LogP) is 3.21. The molecule has 0 aromatic heterocycles. The molecule has 2 aromatic rings. The summed E-state index contributed by atoms with van der Waals surface area (Å²) in [5.41, 5.74) is 1.97. The fraction of sp³-hybridized carbons (Fsp3) is 0.250. The van der Waals surface area contributed by atoms with E-state index in [4.69, 9.17) is 14.7 Å². The summed E-state index contributed by atoms with van der Waals surface area (Å²) in [6.07, 6.45) is -0.914. The van der Waals surface area contributed by atoms with Crippen LogP contribution in [0.5, 0.6) is 5.75 Å². The molecule has 1 atom stereocenters. The summed E-state index contributed by atoms with van der Waals surface area (Å²) < 4.78 is 10.6. The van der Waals surface area contributed by atoms with Crippen LogP contribution >= 0.6 is 0 Å². The van der Waals surface area contributed by atoms with Crippen LogP contribution < -0.4 is 10.1 Å². The highest BCUT2D eigenvalue weighted by Crippen LogP contribution is 2.13. The number of benzene rings is 2. The van der Waals surface area contributed by atoms with Crippen molar-refractivity contribution in [2.75, 3.05) is 11.9 Å². The number of anilines is 1. The normalized spacial score (nSPS) is 11.1. The van der Waals surface area contributed by atoms with Gasteiger partial charge in [-0.1, -0.05) is 18.2 Å². The van der Waals surface area contributed by atoms with Crippen LogP contribution in [0.4, 0.5) is 5.69 Å². The minimum atomic E-state index is -0.952. The minimum Gasteiger partial charge on any atom is -0.493 e. The highest BCUT2D eigenvalue weighted by Gasteiger charge is 2.18. The zero-order chi connectivity index (χ0) is 18.9. The van der Waals surface area contributed by atoms with Crippen molar-refractivity contribution >= 4 is 17.6 Å². The Morgan fingerprint density at radius 2 is 1.96 bits per heavy atom. The van der Waals surface area contributed by atoms with Crippen LogP contribution in [-0.4, -0.2) is 24.6 Å². The van der Waals surface area contributed by atoms with E-state index in [1.807, 2.05) is 37.3 Å². The maximum absolute atomic E-state index is 12.1. The van der Waals surface area contributed by atoms with Gasteiger partial charge in [0.25, 0.3) is 5.91 Å². The molecular weight excluding hydrogens is 332 g/mol. The van der Waals surface area contributed by atoms with Gasteiger partial charge in [0.15, 0.2) is 6.10 Å². The number of hydrogen-bond donors (Lipinski definition) is 1. The number of amides is 1. The molecule has 0 saturated carbocycles. The van der Waals surface area contributed by atoms with Crippen molar-refractivity contribution in [1.82, 2.24) is 0 Å². The number of aryl methyl sites for hydroxylation is 1. The van der Waals surface area contributed by atoms with Crippen LogP contribution in [0.15, 0.2) is 48.5 Å². The first-order valence-electron chi connectivity index (χ1n) is 8.18. The second-order valence-corrected chi connectivity index (χ2v) is 5.73. The van der Waals surface area contributed by atoms with E-state index >= 15 is 0 Å². The number of nitriles is 1. The zero-order valence-corrected chi connectivity index (χ0v) is 14.7. The summed E-state index contributed by atoms with van der Waals surface area (Å²) in [5.74, 6) is -0.305. The molecule has 0 bridgehead atoms. The van der Waals surface area contributed by atoms with E-state index in [1.165, 1.54) is 6.92 Å². The van der Waals surface area contributed by atoms with Crippen molar-refractivity contribution in [2.45, 2.75) is 26.4 Å². The molecule has 0 radical (unpaired) electrons. The van der Waals surface area contributed by atoms with Gasteiger partial charge in [0.2, 0.25) is 0 Å². The van der Waals surface area contributed by atoms with Crippen LogP contribution in [0.2, 0.25) is 0 Å². The van der Waals surface area contributed by atoms with Gasteiger partial charge in [0.1, 0.15) is 5.75 Å². The lowest BCUT2D eigenvalue weighted by Gasteiger charge is -2.14. The maximum atomic E-state index is 12.1. The lowest BCUT2D eigenvalue weighted by atomic mass is 10.2. The lowest BCUT2D eigenvalue weighted by Crippen LogP contribution is -2.30. The van der Waals surface area contributed by atoms with Crippen LogP contribution in [0.1, 0.15) is 24.5 Å². The standard InChI is InChI=1S/C20H20N2O4/c1-14-5-3-8-18(11-14)25-10-9-19(23)26-15(2)20(24)22-17-7-4-6-16(12-17)13-21/h3-8,11-12,15H,9-10H2,1-2H3,(H,22,24)/t15-/m0/s1. The molecule has 0 aliphatic carbocycles. The maximum Gasteiger partial charge on any atom is 0.310 e. The second-order valence-electron chi connectivity index (χ2n) is 5.73. The summed E-state index contributed by atoms with van der Waals surface area (Å²) in [6.45, 7) is 3.61. The average Bonchev–Trinajstić information content (AvgIpc) is 2.62. The SMILES string of the molecule is Cc1cccc(OCCC(=O)O[C@@H](C)C(=O)Nc2cccc(C#N)c2)c1. The van der Waals surface area contributed by atoms with Gasteiger partial charge in [-0.25, -0.2) is 0 Å². The van der Waals surface area contributed by atoms with E-state index in [-0.39, 0.29) is 13.0 Å². The smallest absolute Gasteiger partial charge is 0.310 e. The fourth-order valence-corrected chi connectivity index (χ4v) is 2.18. The second kappa shape index (κ2) is 9.23. The Morgan fingerprint density at radius 3 is 2.69 bits per heavy atom. The third-order valence-corrected chi connectivity index (χ3v) is 3.50. The zero-order valence-electron chi connectivity index (χ0n) is 14.7. The molecule has 6 heteroatoms. The van der Waals surface area contributed by atoms with E-state index in [9.17, 15) is 9.59 Å². The monoisotopic (exact) mass is 352 g/mol. The average molecular weight is 352 g/mol. The topological polar surface area (TPSA) is 88.4 Å². The van der Waals surface area contributed by atoms with Crippen LogP contribution in [0.25, 0.3) is 0 Å². The Kier molecular flexibility index (Phi) is 6.75. The highest BCUT2D eigenvalue weighted by molar-refractivity contribution is 5.95. The first-order valence-corrected chi connectivity index (χ1v) is 8.18. The molecular formula is C20H20N2O4. The third kappa shape index (κ3) is 5.95.